The lowest BCUT2D eigenvalue weighted by atomic mass is 10.1. The number of aryl methyl sites for hydroxylation is 1. The van der Waals surface area contributed by atoms with Gasteiger partial charge in [-0.1, -0.05) is 35.3 Å². The number of ether oxygens (including phenoxy) is 1. The summed E-state index contributed by atoms with van der Waals surface area (Å²) in [6.07, 6.45) is 0. The lowest BCUT2D eigenvalue weighted by Crippen LogP contribution is -2.43. The van der Waals surface area contributed by atoms with Crippen LogP contribution in [-0.4, -0.2) is 18.4 Å². The molecule has 0 aromatic heterocycles. The number of hydrogen-bond donors (Lipinski definition) is 2. The van der Waals surface area contributed by atoms with Gasteiger partial charge in [0.05, 0.1) is 10.6 Å². The van der Waals surface area contributed by atoms with Gasteiger partial charge in [-0.05, 0) is 49.2 Å². The van der Waals surface area contributed by atoms with Gasteiger partial charge in [0.2, 0.25) is 0 Å². The van der Waals surface area contributed by atoms with E-state index in [0.29, 0.717) is 10.8 Å². The highest BCUT2D eigenvalue weighted by molar-refractivity contribution is 6.35. The third-order valence-corrected chi connectivity index (χ3v) is 3.97. The molecular weight excluding hydrogens is 351 g/mol. The van der Waals surface area contributed by atoms with Crippen LogP contribution in [0.15, 0.2) is 36.4 Å². The molecule has 0 unspecified atom stereocenters. The van der Waals surface area contributed by atoms with Crippen LogP contribution in [0.3, 0.4) is 0 Å². The van der Waals surface area contributed by atoms with E-state index < -0.39 is 11.8 Å². The Bertz CT molecular complexity index is 778. The monoisotopic (exact) mass is 366 g/mol. The molecule has 2 rings (SSSR count). The molecule has 0 aliphatic heterocycles. The van der Waals surface area contributed by atoms with Crippen LogP contribution >= 0.6 is 23.2 Å². The molecule has 126 valence electrons. The molecule has 0 saturated carbocycles. The molecule has 5 nitrogen and oxygen atoms in total. The van der Waals surface area contributed by atoms with E-state index in [9.17, 15) is 9.59 Å². The fourth-order valence-corrected chi connectivity index (χ4v) is 2.30. The number of carbonyl (C=O) groups is 2. The van der Waals surface area contributed by atoms with Gasteiger partial charge in [-0.2, -0.15) is 0 Å². The van der Waals surface area contributed by atoms with E-state index in [1.807, 2.05) is 26.0 Å². The van der Waals surface area contributed by atoms with Crippen molar-refractivity contribution in [3.8, 4) is 5.75 Å². The molecule has 0 heterocycles. The van der Waals surface area contributed by atoms with Crippen molar-refractivity contribution in [1.29, 1.82) is 0 Å². The first kappa shape index (κ1) is 18.1. The van der Waals surface area contributed by atoms with Crippen molar-refractivity contribution in [2.75, 3.05) is 6.61 Å². The second-order valence-electron chi connectivity index (χ2n) is 5.11. The summed E-state index contributed by atoms with van der Waals surface area (Å²) < 4.78 is 5.45. The van der Waals surface area contributed by atoms with Crippen LogP contribution in [0.2, 0.25) is 10.0 Å². The molecule has 0 spiro atoms. The number of nitrogens with one attached hydrogen (secondary N) is 2. The van der Waals surface area contributed by atoms with Gasteiger partial charge in [0, 0.05) is 5.02 Å². The van der Waals surface area contributed by atoms with Crippen molar-refractivity contribution in [1.82, 2.24) is 10.9 Å². The third-order valence-electron chi connectivity index (χ3n) is 3.40. The van der Waals surface area contributed by atoms with Crippen molar-refractivity contribution in [2.24, 2.45) is 0 Å². The first-order chi connectivity index (χ1) is 11.4. The van der Waals surface area contributed by atoms with Crippen LogP contribution in [0.1, 0.15) is 21.5 Å². The molecule has 2 N–H and O–H groups in total. The Hall–Kier alpha value is -2.24. The summed E-state index contributed by atoms with van der Waals surface area (Å²) in [6, 6.07) is 10.1. The number of rotatable bonds is 4. The molecule has 2 aromatic carbocycles. The molecule has 0 bridgehead atoms. The summed E-state index contributed by atoms with van der Waals surface area (Å²) in [5, 5.41) is 0.604. The molecule has 2 aromatic rings. The van der Waals surface area contributed by atoms with E-state index in [2.05, 4.69) is 10.9 Å². The van der Waals surface area contributed by atoms with Gasteiger partial charge in [0.25, 0.3) is 11.8 Å². The molecule has 2 amide bonds. The van der Waals surface area contributed by atoms with E-state index in [1.54, 1.807) is 12.1 Å². The lowest BCUT2D eigenvalue weighted by Gasteiger charge is -2.12. The maximum Gasteiger partial charge on any atom is 0.276 e. The van der Waals surface area contributed by atoms with Crippen LogP contribution < -0.4 is 15.6 Å². The van der Waals surface area contributed by atoms with E-state index in [-0.39, 0.29) is 17.2 Å². The van der Waals surface area contributed by atoms with Crippen molar-refractivity contribution >= 4 is 35.0 Å². The predicted molar refractivity (Wildman–Crippen MR) is 93.5 cm³/mol. The number of amides is 2. The smallest absolute Gasteiger partial charge is 0.276 e. The Kier molecular flexibility index (Phi) is 6.06. The van der Waals surface area contributed by atoms with Crippen molar-refractivity contribution < 1.29 is 14.3 Å². The first-order valence-corrected chi connectivity index (χ1v) is 7.87. The molecule has 7 heteroatoms. The van der Waals surface area contributed by atoms with Gasteiger partial charge in [-0.3, -0.25) is 20.4 Å². The molecule has 0 atom stereocenters. The summed E-state index contributed by atoms with van der Waals surface area (Å²) in [4.78, 5) is 23.8. The van der Waals surface area contributed by atoms with Crippen LogP contribution in [0, 0.1) is 13.8 Å². The van der Waals surface area contributed by atoms with Gasteiger partial charge in [-0.25, -0.2) is 0 Å². The van der Waals surface area contributed by atoms with E-state index in [0.717, 1.165) is 11.1 Å². The van der Waals surface area contributed by atoms with Gasteiger partial charge in [0.1, 0.15) is 5.75 Å². The topological polar surface area (TPSA) is 67.4 Å². The zero-order valence-electron chi connectivity index (χ0n) is 13.2. The number of hydrogen-bond acceptors (Lipinski definition) is 3. The van der Waals surface area contributed by atoms with Crippen LogP contribution in [0.25, 0.3) is 0 Å². The zero-order valence-corrected chi connectivity index (χ0v) is 14.7. The average molecular weight is 367 g/mol. The van der Waals surface area contributed by atoms with Gasteiger partial charge in [-0.15, -0.1) is 0 Å². The summed E-state index contributed by atoms with van der Waals surface area (Å²) in [5.74, 6) is -0.445. The Morgan fingerprint density at radius 2 is 1.83 bits per heavy atom. The van der Waals surface area contributed by atoms with Crippen LogP contribution in [0.4, 0.5) is 0 Å². The number of hydrazine groups is 1. The Morgan fingerprint density at radius 3 is 2.58 bits per heavy atom. The highest BCUT2D eigenvalue weighted by Gasteiger charge is 2.12. The fourth-order valence-electron chi connectivity index (χ4n) is 1.93. The average Bonchev–Trinajstić information content (AvgIpc) is 2.56. The second kappa shape index (κ2) is 8.04. The zero-order chi connectivity index (χ0) is 17.7. The summed E-state index contributed by atoms with van der Waals surface area (Å²) in [6.45, 7) is 3.64. The number of carbonyl (C=O) groups excluding carboxylic acids is 2. The van der Waals surface area contributed by atoms with Gasteiger partial charge < -0.3 is 4.74 Å². The number of halogens is 2. The van der Waals surface area contributed by atoms with E-state index >= 15 is 0 Å². The minimum absolute atomic E-state index is 0.167. The summed E-state index contributed by atoms with van der Waals surface area (Å²) in [5.41, 5.74) is 6.73. The molecule has 24 heavy (non-hydrogen) atoms. The predicted octanol–water partition coefficient (Wildman–Crippen LogP) is 3.45. The molecular formula is C17H16Cl2N2O3. The van der Waals surface area contributed by atoms with Gasteiger partial charge in [0.15, 0.2) is 6.61 Å². The number of benzene rings is 2. The standard InChI is InChI=1S/C17H16Cl2N2O3/c1-10-4-3-5-15(11(10)2)24-9-16(22)20-21-17(23)13-8-12(18)6-7-14(13)19/h3-8H,9H2,1-2H3,(H,20,22)(H,21,23). The molecule has 0 fully saturated rings. The normalized spacial score (nSPS) is 10.2. The Morgan fingerprint density at radius 1 is 1.08 bits per heavy atom. The second-order valence-corrected chi connectivity index (χ2v) is 5.96. The molecule has 0 aliphatic carbocycles. The highest BCUT2D eigenvalue weighted by atomic mass is 35.5. The Labute approximate surface area is 149 Å². The van der Waals surface area contributed by atoms with E-state index in [1.165, 1.54) is 12.1 Å². The molecule has 0 saturated heterocycles. The van der Waals surface area contributed by atoms with Crippen molar-refractivity contribution in [2.45, 2.75) is 13.8 Å². The minimum atomic E-state index is -0.567. The fraction of sp³-hybridized carbons (Fsp3) is 0.176. The summed E-state index contributed by atoms with van der Waals surface area (Å²) in [7, 11) is 0. The molecule has 0 radical (unpaired) electrons. The van der Waals surface area contributed by atoms with Gasteiger partial charge >= 0.3 is 0 Å². The van der Waals surface area contributed by atoms with E-state index in [4.69, 9.17) is 27.9 Å². The maximum absolute atomic E-state index is 12.0. The van der Waals surface area contributed by atoms with Crippen molar-refractivity contribution in [3.05, 3.63) is 63.1 Å². The highest BCUT2D eigenvalue weighted by Crippen LogP contribution is 2.21. The lowest BCUT2D eigenvalue weighted by molar-refractivity contribution is -0.123. The largest absolute Gasteiger partial charge is 0.483 e. The minimum Gasteiger partial charge on any atom is -0.483 e. The first-order valence-electron chi connectivity index (χ1n) is 7.11. The SMILES string of the molecule is Cc1cccc(OCC(=O)NNC(=O)c2cc(Cl)ccc2Cl)c1C. The maximum atomic E-state index is 12.0. The Balaban J connectivity index is 1.88. The van der Waals surface area contributed by atoms with Crippen LogP contribution in [0.5, 0.6) is 5.75 Å². The third kappa shape index (κ3) is 4.63. The quantitative estimate of drug-likeness (QED) is 0.814. The summed E-state index contributed by atoms with van der Waals surface area (Å²) >= 11 is 11.7. The van der Waals surface area contributed by atoms with Crippen molar-refractivity contribution in [3.63, 3.8) is 0 Å². The molecule has 0 aliphatic rings. The van der Waals surface area contributed by atoms with Crippen LogP contribution in [-0.2, 0) is 4.79 Å².